The number of nitriles is 1. The van der Waals surface area contributed by atoms with Crippen LogP contribution in [-0.4, -0.2) is 41.8 Å². The number of carbonyl (C=O) groups is 2. The van der Waals surface area contributed by atoms with Crippen LogP contribution in [0.3, 0.4) is 0 Å². The first kappa shape index (κ1) is 14.5. The number of rotatable bonds is 5. The number of thiophene rings is 1. The van der Waals surface area contributed by atoms with Crippen molar-refractivity contribution in [3.8, 4) is 6.19 Å². The fourth-order valence-corrected chi connectivity index (χ4v) is 2.45. The summed E-state index contributed by atoms with van der Waals surface area (Å²) in [5.41, 5.74) is 0. The summed E-state index contributed by atoms with van der Waals surface area (Å²) in [6.45, 7) is 0. The van der Waals surface area contributed by atoms with Crippen LogP contribution in [0.2, 0.25) is 0 Å². The van der Waals surface area contributed by atoms with Gasteiger partial charge in [-0.15, -0.1) is 11.3 Å². The van der Waals surface area contributed by atoms with Crippen LogP contribution >= 0.6 is 23.1 Å². The molecule has 7 heteroatoms. The first-order valence-corrected chi connectivity index (χ1v) is 7.38. The van der Waals surface area contributed by atoms with Crippen LogP contribution < -0.4 is 5.32 Å². The molecule has 1 aromatic heterocycles. The summed E-state index contributed by atoms with van der Waals surface area (Å²) in [7, 11) is 1.38. The lowest BCUT2D eigenvalue weighted by atomic mass is 10.3. The van der Waals surface area contributed by atoms with Gasteiger partial charge in [0.2, 0.25) is 0 Å². The molecule has 0 spiro atoms. The van der Waals surface area contributed by atoms with E-state index in [0.717, 1.165) is 4.90 Å². The monoisotopic (exact) mass is 283 g/mol. The highest BCUT2D eigenvalue weighted by Crippen LogP contribution is 2.09. The first-order valence-electron chi connectivity index (χ1n) is 5.10. The second-order valence-electron chi connectivity index (χ2n) is 3.46. The number of thioether (sulfide) groups is 1. The van der Waals surface area contributed by atoms with Crippen molar-refractivity contribution in [2.24, 2.45) is 0 Å². The third kappa shape index (κ3) is 3.75. The number of likely N-dealkylation sites (N-methyl/N-ethyl adjacent to an activating group) is 1. The molecule has 1 atom stereocenters. The highest BCUT2D eigenvalue weighted by atomic mass is 32.2. The average molecular weight is 283 g/mol. The molecule has 0 bridgehead atoms. The summed E-state index contributed by atoms with van der Waals surface area (Å²) in [5.74, 6) is -0.261. The lowest BCUT2D eigenvalue weighted by Gasteiger charge is -2.18. The average Bonchev–Trinajstić information content (AvgIpc) is 2.90. The Morgan fingerprint density at radius 3 is 2.89 bits per heavy atom. The Hall–Kier alpha value is -1.52. The molecule has 0 aliphatic heterocycles. The van der Waals surface area contributed by atoms with Crippen molar-refractivity contribution in [2.75, 3.05) is 19.1 Å². The summed E-state index contributed by atoms with van der Waals surface area (Å²) in [6.07, 6.45) is 3.57. The molecule has 0 aliphatic rings. The van der Waals surface area contributed by atoms with Gasteiger partial charge in [0.15, 0.2) is 6.19 Å². The first-order chi connectivity index (χ1) is 8.60. The zero-order valence-electron chi connectivity index (χ0n) is 10.0. The Kier molecular flexibility index (Phi) is 5.68. The SMILES string of the molecule is CSCC(NC(=O)c1cccs1)C(=O)N(C)C#N. The van der Waals surface area contributed by atoms with Gasteiger partial charge in [-0.05, 0) is 17.7 Å². The maximum atomic E-state index is 11.8. The van der Waals surface area contributed by atoms with Gasteiger partial charge in [-0.3, -0.25) is 14.5 Å². The van der Waals surface area contributed by atoms with Gasteiger partial charge < -0.3 is 5.32 Å². The summed E-state index contributed by atoms with van der Waals surface area (Å²) < 4.78 is 0. The van der Waals surface area contributed by atoms with Crippen molar-refractivity contribution < 1.29 is 9.59 Å². The number of amides is 2. The van der Waals surface area contributed by atoms with E-state index in [1.54, 1.807) is 23.7 Å². The van der Waals surface area contributed by atoms with E-state index in [2.05, 4.69) is 5.32 Å². The molecule has 18 heavy (non-hydrogen) atoms. The quantitative estimate of drug-likeness (QED) is 0.650. The Balaban J connectivity index is 2.72. The van der Waals surface area contributed by atoms with Crippen LogP contribution in [0.4, 0.5) is 0 Å². The van der Waals surface area contributed by atoms with Crippen molar-refractivity contribution in [1.82, 2.24) is 10.2 Å². The number of hydrogen-bond acceptors (Lipinski definition) is 5. The summed E-state index contributed by atoms with van der Waals surface area (Å²) in [5, 5.41) is 13.1. The van der Waals surface area contributed by atoms with E-state index in [1.165, 1.54) is 30.1 Å². The van der Waals surface area contributed by atoms with Crippen LogP contribution in [0.15, 0.2) is 17.5 Å². The highest BCUT2D eigenvalue weighted by Gasteiger charge is 2.24. The van der Waals surface area contributed by atoms with Gasteiger partial charge in [-0.1, -0.05) is 6.07 Å². The molecule has 1 unspecified atom stereocenters. The molecule has 0 saturated carbocycles. The van der Waals surface area contributed by atoms with E-state index in [4.69, 9.17) is 5.26 Å². The summed E-state index contributed by atoms with van der Waals surface area (Å²) in [4.78, 5) is 25.2. The zero-order valence-corrected chi connectivity index (χ0v) is 11.7. The second-order valence-corrected chi connectivity index (χ2v) is 5.31. The molecule has 0 saturated heterocycles. The van der Waals surface area contributed by atoms with Crippen molar-refractivity contribution in [3.05, 3.63) is 22.4 Å². The summed E-state index contributed by atoms with van der Waals surface area (Å²) in [6, 6.07) is 2.78. The Bertz CT molecular complexity index is 453. The Morgan fingerprint density at radius 1 is 1.67 bits per heavy atom. The smallest absolute Gasteiger partial charge is 0.262 e. The number of nitrogens with one attached hydrogen (secondary N) is 1. The van der Waals surface area contributed by atoms with Crippen molar-refractivity contribution >= 4 is 34.9 Å². The number of carbonyl (C=O) groups excluding carboxylic acids is 2. The molecular formula is C11H13N3O2S2. The zero-order chi connectivity index (χ0) is 13.5. The van der Waals surface area contributed by atoms with E-state index in [-0.39, 0.29) is 5.91 Å². The lowest BCUT2D eigenvalue weighted by Crippen LogP contribution is -2.47. The fourth-order valence-electron chi connectivity index (χ4n) is 1.26. The molecule has 1 heterocycles. The topological polar surface area (TPSA) is 73.2 Å². The third-order valence-electron chi connectivity index (χ3n) is 2.16. The number of hydrogen-bond donors (Lipinski definition) is 1. The molecule has 1 N–H and O–H groups in total. The molecule has 5 nitrogen and oxygen atoms in total. The normalized spacial score (nSPS) is 11.4. The third-order valence-corrected chi connectivity index (χ3v) is 3.70. The van der Waals surface area contributed by atoms with Gasteiger partial charge in [0.05, 0.1) is 4.88 Å². The van der Waals surface area contributed by atoms with Crippen molar-refractivity contribution in [3.63, 3.8) is 0 Å². The predicted molar refractivity (Wildman–Crippen MR) is 72.3 cm³/mol. The molecular weight excluding hydrogens is 270 g/mol. The lowest BCUT2D eigenvalue weighted by molar-refractivity contribution is -0.128. The van der Waals surface area contributed by atoms with Crippen LogP contribution in [0, 0.1) is 11.5 Å². The summed E-state index contributed by atoms with van der Waals surface area (Å²) >= 11 is 2.75. The maximum Gasteiger partial charge on any atom is 0.262 e. The van der Waals surface area contributed by atoms with Gasteiger partial charge in [-0.2, -0.15) is 17.0 Å². The van der Waals surface area contributed by atoms with E-state index >= 15 is 0 Å². The van der Waals surface area contributed by atoms with Crippen molar-refractivity contribution in [2.45, 2.75) is 6.04 Å². The largest absolute Gasteiger partial charge is 0.339 e. The minimum Gasteiger partial charge on any atom is -0.339 e. The predicted octanol–water partition coefficient (Wildman–Crippen LogP) is 1.15. The molecule has 1 aromatic rings. The minimum atomic E-state index is -0.681. The van der Waals surface area contributed by atoms with Crippen LogP contribution in [0.1, 0.15) is 9.67 Å². The molecule has 2 amide bonds. The molecule has 0 radical (unpaired) electrons. The van der Waals surface area contributed by atoms with Crippen molar-refractivity contribution in [1.29, 1.82) is 5.26 Å². The number of nitrogens with zero attached hydrogens (tertiary/aromatic N) is 2. The van der Waals surface area contributed by atoms with E-state index in [0.29, 0.717) is 10.6 Å². The van der Waals surface area contributed by atoms with E-state index in [9.17, 15) is 9.59 Å². The van der Waals surface area contributed by atoms with Crippen LogP contribution in [0.5, 0.6) is 0 Å². The van der Waals surface area contributed by atoms with Crippen LogP contribution in [0.25, 0.3) is 0 Å². The molecule has 0 aliphatic carbocycles. The fraction of sp³-hybridized carbons (Fsp3) is 0.364. The molecule has 96 valence electrons. The Labute approximate surface area is 114 Å². The van der Waals surface area contributed by atoms with E-state index < -0.39 is 11.9 Å². The molecule has 0 aromatic carbocycles. The van der Waals surface area contributed by atoms with Gasteiger partial charge in [0.25, 0.3) is 11.8 Å². The van der Waals surface area contributed by atoms with Gasteiger partial charge in [-0.25, -0.2) is 0 Å². The maximum absolute atomic E-state index is 11.8. The van der Waals surface area contributed by atoms with E-state index in [1.807, 2.05) is 6.26 Å². The standard InChI is InChI=1S/C11H13N3O2S2/c1-14(7-12)11(16)8(6-17-2)13-10(15)9-4-3-5-18-9/h3-5,8H,6H2,1-2H3,(H,13,15). The highest BCUT2D eigenvalue weighted by molar-refractivity contribution is 7.98. The van der Waals surface area contributed by atoms with Gasteiger partial charge in [0.1, 0.15) is 6.04 Å². The minimum absolute atomic E-state index is 0.288. The van der Waals surface area contributed by atoms with Gasteiger partial charge in [0, 0.05) is 12.8 Å². The second kappa shape index (κ2) is 7.03. The molecule has 1 rings (SSSR count). The van der Waals surface area contributed by atoms with Gasteiger partial charge >= 0.3 is 0 Å². The van der Waals surface area contributed by atoms with Crippen LogP contribution in [-0.2, 0) is 4.79 Å². The Morgan fingerprint density at radius 2 is 2.39 bits per heavy atom. The molecule has 0 fully saturated rings.